The van der Waals surface area contributed by atoms with Gasteiger partial charge in [0, 0.05) is 23.7 Å². The maximum atomic E-state index is 12.7. The van der Waals surface area contributed by atoms with Crippen molar-refractivity contribution in [2.24, 2.45) is 4.99 Å². The molecule has 0 radical (unpaired) electrons. The number of aliphatic imine (C=N–C) groups is 1. The zero-order valence-electron chi connectivity index (χ0n) is 17.1. The number of carbonyl (C=O) groups is 3. The molecule has 3 rings (SSSR count). The van der Waals surface area contributed by atoms with Crippen LogP contribution < -0.4 is 5.32 Å². The highest BCUT2D eigenvalue weighted by molar-refractivity contribution is 8.15. The first-order valence-electron chi connectivity index (χ1n) is 9.80. The van der Waals surface area contributed by atoms with Crippen molar-refractivity contribution in [2.75, 3.05) is 18.5 Å². The van der Waals surface area contributed by atoms with Gasteiger partial charge in [-0.25, -0.2) is 9.79 Å². The van der Waals surface area contributed by atoms with E-state index in [1.54, 1.807) is 60.4 Å². The van der Waals surface area contributed by atoms with E-state index in [2.05, 4.69) is 10.3 Å². The third kappa shape index (κ3) is 5.86. The van der Waals surface area contributed by atoms with Crippen molar-refractivity contribution in [1.29, 1.82) is 0 Å². The molecular weight excluding hydrogens is 438 g/mol. The van der Waals surface area contributed by atoms with Crippen LogP contribution in [-0.4, -0.2) is 46.3 Å². The number of hydrogen-bond acceptors (Lipinski definition) is 6. The fourth-order valence-electron chi connectivity index (χ4n) is 2.94. The molecular formula is C22H22ClN3O4S. The van der Waals surface area contributed by atoms with Crippen LogP contribution in [0.5, 0.6) is 0 Å². The first-order chi connectivity index (χ1) is 14.9. The molecule has 1 aliphatic heterocycles. The number of anilines is 1. The monoisotopic (exact) mass is 459 g/mol. The van der Waals surface area contributed by atoms with Gasteiger partial charge in [-0.3, -0.25) is 14.5 Å². The SMILES string of the molecule is CCOC(=O)c1ccc(N=C2SC(C(=O)Nc3cccc(Cl)c3)CC(=O)N2CC)cc1. The summed E-state index contributed by atoms with van der Waals surface area (Å²) in [5.41, 5.74) is 1.55. The summed E-state index contributed by atoms with van der Waals surface area (Å²) in [5.74, 6) is -0.868. The van der Waals surface area contributed by atoms with Crippen LogP contribution >= 0.6 is 23.4 Å². The fourth-order valence-corrected chi connectivity index (χ4v) is 4.29. The lowest BCUT2D eigenvalue weighted by Gasteiger charge is -2.30. The molecule has 9 heteroatoms. The summed E-state index contributed by atoms with van der Waals surface area (Å²) in [6, 6.07) is 13.4. The summed E-state index contributed by atoms with van der Waals surface area (Å²) in [6.45, 7) is 4.33. The number of esters is 1. The third-order valence-corrected chi connectivity index (χ3v) is 5.87. The van der Waals surface area contributed by atoms with E-state index < -0.39 is 11.2 Å². The van der Waals surface area contributed by atoms with Gasteiger partial charge in [0.1, 0.15) is 5.25 Å². The molecule has 0 aliphatic carbocycles. The lowest BCUT2D eigenvalue weighted by Crippen LogP contribution is -2.45. The number of hydrogen-bond donors (Lipinski definition) is 1. The second kappa shape index (κ2) is 10.5. The summed E-state index contributed by atoms with van der Waals surface area (Å²) in [6.07, 6.45) is 0.0751. The van der Waals surface area contributed by atoms with Crippen molar-refractivity contribution >= 4 is 57.7 Å². The van der Waals surface area contributed by atoms with Gasteiger partial charge in [0.25, 0.3) is 0 Å². The topological polar surface area (TPSA) is 88.1 Å². The molecule has 162 valence electrons. The van der Waals surface area contributed by atoms with Crippen LogP contribution in [0.4, 0.5) is 11.4 Å². The Hall–Kier alpha value is -2.84. The van der Waals surface area contributed by atoms with Gasteiger partial charge in [0.15, 0.2) is 5.17 Å². The summed E-state index contributed by atoms with van der Waals surface area (Å²) in [7, 11) is 0. The molecule has 0 bridgehead atoms. The molecule has 2 aromatic carbocycles. The van der Waals surface area contributed by atoms with Gasteiger partial charge >= 0.3 is 5.97 Å². The molecule has 1 heterocycles. The molecule has 1 aliphatic rings. The average molecular weight is 460 g/mol. The van der Waals surface area contributed by atoms with Crippen LogP contribution in [0.25, 0.3) is 0 Å². The van der Waals surface area contributed by atoms with Gasteiger partial charge in [0.2, 0.25) is 11.8 Å². The van der Waals surface area contributed by atoms with E-state index in [1.165, 1.54) is 11.8 Å². The van der Waals surface area contributed by atoms with Crippen LogP contribution in [0.15, 0.2) is 53.5 Å². The smallest absolute Gasteiger partial charge is 0.338 e. The zero-order valence-corrected chi connectivity index (χ0v) is 18.7. The molecule has 1 atom stereocenters. The molecule has 1 unspecified atom stereocenters. The van der Waals surface area contributed by atoms with E-state index in [0.29, 0.717) is 40.3 Å². The fraction of sp³-hybridized carbons (Fsp3) is 0.273. The van der Waals surface area contributed by atoms with Crippen molar-refractivity contribution in [3.8, 4) is 0 Å². The number of amides is 2. The molecule has 0 saturated carbocycles. The number of benzene rings is 2. The summed E-state index contributed by atoms with van der Waals surface area (Å²) in [5, 5.41) is 3.13. The number of carbonyl (C=O) groups excluding carboxylic acids is 3. The van der Waals surface area contributed by atoms with Gasteiger partial charge in [-0.15, -0.1) is 0 Å². The molecule has 7 nitrogen and oxygen atoms in total. The van der Waals surface area contributed by atoms with E-state index in [0.717, 1.165) is 0 Å². The van der Waals surface area contributed by atoms with E-state index in [9.17, 15) is 14.4 Å². The number of rotatable bonds is 6. The lowest BCUT2D eigenvalue weighted by molar-refractivity contribution is -0.129. The highest BCUT2D eigenvalue weighted by Gasteiger charge is 2.35. The number of nitrogens with zero attached hydrogens (tertiary/aromatic N) is 2. The van der Waals surface area contributed by atoms with E-state index in [4.69, 9.17) is 16.3 Å². The second-order valence-electron chi connectivity index (χ2n) is 6.61. The van der Waals surface area contributed by atoms with E-state index in [-0.39, 0.29) is 18.2 Å². The molecule has 1 saturated heterocycles. The minimum absolute atomic E-state index is 0.0751. The van der Waals surface area contributed by atoms with Crippen LogP contribution in [0, 0.1) is 0 Å². The van der Waals surface area contributed by atoms with Crippen LogP contribution in [0.3, 0.4) is 0 Å². The van der Waals surface area contributed by atoms with Crippen molar-refractivity contribution in [3.63, 3.8) is 0 Å². The van der Waals surface area contributed by atoms with Crippen LogP contribution in [0.1, 0.15) is 30.6 Å². The highest BCUT2D eigenvalue weighted by Crippen LogP contribution is 2.30. The Bertz CT molecular complexity index is 1010. The molecule has 1 N–H and O–H groups in total. The molecule has 0 aromatic heterocycles. The summed E-state index contributed by atoms with van der Waals surface area (Å²) >= 11 is 7.20. The number of amidine groups is 1. The molecule has 0 spiro atoms. The molecule has 2 aromatic rings. The minimum atomic E-state index is -0.619. The Morgan fingerprint density at radius 1 is 1.23 bits per heavy atom. The second-order valence-corrected chi connectivity index (χ2v) is 8.22. The molecule has 1 fully saturated rings. The van der Waals surface area contributed by atoms with Crippen molar-refractivity contribution in [2.45, 2.75) is 25.5 Å². The normalized spacial score (nSPS) is 17.5. The first-order valence-corrected chi connectivity index (χ1v) is 11.1. The third-order valence-electron chi connectivity index (χ3n) is 4.44. The summed E-state index contributed by atoms with van der Waals surface area (Å²) in [4.78, 5) is 43.3. The van der Waals surface area contributed by atoms with E-state index >= 15 is 0 Å². The zero-order chi connectivity index (χ0) is 22.4. The largest absolute Gasteiger partial charge is 0.462 e. The quantitative estimate of drug-likeness (QED) is 0.642. The van der Waals surface area contributed by atoms with Crippen LogP contribution in [-0.2, 0) is 14.3 Å². The Morgan fingerprint density at radius 3 is 2.61 bits per heavy atom. The van der Waals surface area contributed by atoms with Crippen LogP contribution in [0.2, 0.25) is 5.02 Å². The Morgan fingerprint density at radius 2 is 1.97 bits per heavy atom. The minimum Gasteiger partial charge on any atom is -0.462 e. The maximum Gasteiger partial charge on any atom is 0.338 e. The predicted octanol–water partition coefficient (Wildman–Crippen LogP) is 4.50. The summed E-state index contributed by atoms with van der Waals surface area (Å²) < 4.78 is 4.98. The predicted molar refractivity (Wildman–Crippen MR) is 123 cm³/mol. The van der Waals surface area contributed by atoms with Crippen molar-refractivity contribution in [1.82, 2.24) is 4.90 Å². The van der Waals surface area contributed by atoms with Gasteiger partial charge in [0.05, 0.1) is 17.9 Å². The first kappa shape index (κ1) is 22.8. The Balaban J connectivity index is 1.78. The Kier molecular flexibility index (Phi) is 7.70. The molecule has 2 amide bonds. The molecule has 31 heavy (non-hydrogen) atoms. The van der Waals surface area contributed by atoms with Gasteiger partial charge in [-0.1, -0.05) is 29.4 Å². The number of nitrogens with one attached hydrogen (secondary N) is 1. The number of ether oxygens (including phenoxy) is 1. The van der Waals surface area contributed by atoms with Crippen molar-refractivity contribution in [3.05, 3.63) is 59.1 Å². The van der Waals surface area contributed by atoms with Crippen molar-refractivity contribution < 1.29 is 19.1 Å². The van der Waals surface area contributed by atoms with E-state index in [1.807, 2.05) is 6.92 Å². The van der Waals surface area contributed by atoms with Gasteiger partial charge in [-0.2, -0.15) is 0 Å². The Labute approximate surface area is 189 Å². The standard InChI is InChI=1S/C22H22ClN3O4S/c1-3-26-19(27)13-18(20(28)24-17-7-5-6-15(23)12-17)31-22(26)25-16-10-8-14(9-11-16)21(29)30-4-2/h5-12,18H,3-4,13H2,1-2H3,(H,24,28). The highest BCUT2D eigenvalue weighted by atomic mass is 35.5. The van der Waals surface area contributed by atoms with Gasteiger partial charge in [-0.05, 0) is 56.3 Å². The number of thioether (sulfide) groups is 1. The van der Waals surface area contributed by atoms with Gasteiger partial charge < -0.3 is 10.1 Å². The maximum absolute atomic E-state index is 12.7. The number of halogens is 1. The average Bonchev–Trinajstić information content (AvgIpc) is 2.74. The lowest BCUT2D eigenvalue weighted by atomic mass is 10.2.